The van der Waals surface area contributed by atoms with Gasteiger partial charge in [0.15, 0.2) is 6.61 Å². The van der Waals surface area contributed by atoms with Gasteiger partial charge in [0.05, 0.1) is 12.3 Å². The lowest BCUT2D eigenvalue weighted by atomic mass is 9.87. The normalized spacial score (nSPS) is 11.1. The molecular weight excluding hydrogens is 326 g/mol. The molecule has 26 heavy (non-hydrogen) atoms. The molecule has 1 amide bonds. The van der Waals surface area contributed by atoms with E-state index in [0.29, 0.717) is 23.8 Å². The molecule has 140 valence electrons. The first-order valence-corrected chi connectivity index (χ1v) is 9.15. The zero-order valence-corrected chi connectivity index (χ0v) is 16.2. The maximum atomic E-state index is 12.2. The molecule has 0 bridgehead atoms. The molecule has 0 aliphatic carbocycles. The second-order valence-corrected chi connectivity index (χ2v) is 7.31. The highest BCUT2D eigenvalue weighted by Crippen LogP contribution is 2.25. The minimum Gasteiger partial charge on any atom is -0.491 e. The molecule has 0 radical (unpaired) electrons. The Hall–Kier alpha value is -2.49. The predicted molar refractivity (Wildman–Crippen MR) is 106 cm³/mol. The number of anilines is 1. The second-order valence-electron chi connectivity index (χ2n) is 7.31. The number of hydrogen-bond donors (Lipinski definition) is 1. The molecule has 0 heterocycles. The van der Waals surface area contributed by atoms with Crippen molar-refractivity contribution in [2.75, 3.05) is 18.5 Å². The summed E-state index contributed by atoms with van der Waals surface area (Å²) in [5.74, 6) is 1.15. The van der Waals surface area contributed by atoms with E-state index in [1.54, 1.807) is 0 Å². The average molecular weight is 355 g/mol. The molecule has 0 spiro atoms. The lowest BCUT2D eigenvalue weighted by Crippen LogP contribution is -2.20. The first-order chi connectivity index (χ1) is 12.4. The van der Waals surface area contributed by atoms with Gasteiger partial charge in [-0.2, -0.15) is 0 Å². The van der Waals surface area contributed by atoms with E-state index in [9.17, 15) is 4.79 Å². The van der Waals surface area contributed by atoms with Crippen LogP contribution < -0.4 is 14.8 Å². The molecule has 4 nitrogen and oxygen atoms in total. The lowest BCUT2D eigenvalue weighted by molar-refractivity contribution is -0.118. The molecule has 0 aromatic heterocycles. The van der Waals surface area contributed by atoms with Gasteiger partial charge in [-0.3, -0.25) is 4.79 Å². The van der Waals surface area contributed by atoms with Gasteiger partial charge in [-0.1, -0.05) is 58.4 Å². The molecular formula is C22H29NO3. The monoisotopic (exact) mass is 355 g/mol. The molecule has 4 heteroatoms. The van der Waals surface area contributed by atoms with Gasteiger partial charge >= 0.3 is 0 Å². The Morgan fingerprint density at radius 3 is 2.35 bits per heavy atom. The van der Waals surface area contributed by atoms with Crippen LogP contribution in [0.1, 0.15) is 46.1 Å². The first-order valence-electron chi connectivity index (χ1n) is 9.15. The van der Waals surface area contributed by atoms with Crippen LogP contribution in [0.25, 0.3) is 0 Å². The van der Waals surface area contributed by atoms with Gasteiger partial charge in [-0.15, -0.1) is 0 Å². The molecule has 0 saturated carbocycles. The number of unbranched alkanes of at least 4 members (excludes halogenated alkanes) is 1. The Kier molecular flexibility index (Phi) is 7.07. The molecule has 2 aromatic rings. The highest BCUT2D eigenvalue weighted by molar-refractivity contribution is 5.93. The molecule has 0 unspecified atom stereocenters. The quantitative estimate of drug-likeness (QED) is 0.664. The lowest BCUT2D eigenvalue weighted by Gasteiger charge is -2.19. The van der Waals surface area contributed by atoms with Crippen LogP contribution in [0, 0.1) is 0 Å². The summed E-state index contributed by atoms with van der Waals surface area (Å²) < 4.78 is 11.3. The molecule has 1 N–H and O–H groups in total. The molecule has 2 aromatic carbocycles. The van der Waals surface area contributed by atoms with E-state index in [2.05, 4.69) is 33.0 Å². The van der Waals surface area contributed by atoms with Crippen LogP contribution in [0.15, 0.2) is 48.5 Å². The summed E-state index contributed by atoms with van der Waals surface area (Å²) in [4.78, 5) is 12.2. The van der Waals surface area contributed by atoms with Crippen LogP contribution in [-0.4, -0.2) is 19.1 Å². The van der Waals surface area contributed by atoms with Crippen LogP contribution in [0.3, 0.4) is 0 Å². The predicted octanol–water partition coefficient (Wildman–Crippen LogP) is 5.18. The van der Waals surface area contributed by atoms with E-state index in [1.807, 2.05) is 48.5 Å². The van der Waals surface area contributed by atoms with Crippen LogP contribution >= 0.6 is 0 Å². The van der Waals surface area contributed by atoms with Crippen molar-refractivity contribution in [3.05, 3.63) is 54.1 Å². The number of amides is 1. The second kappa shape index (κ2) is 9.27. The maximum Gasteiger partial charge on any atom is 0.262 e. The summed E-state index contributed by atoms with van der Waals surface area (Å²) in [5, 5.41) is 2.85. The molecule has 0 atom stereocenters. The number of para-hydroxylation sites is 2. The van der Waals surface area contributed by atoms with Crippen LogP contribution in [0.2, 0.25) is 0 Å². The number of carbonyl (C=O) groups is 1. The fourth-order valence-electron chi connectivity index (χ4n) is 2.41. The summed E-state index contributed by atoms with van der Waals surface area (Å²) in [7, 11) is 0. The topological polar surface area (TPSA) is 47.6 Å². The summed E-state index contributed by atoms with van der Waals surface area (Å²) in [6.07, 6.45) is 2.05. The Labute approximate surface area is 156 Å². The number of carbonyl (C=O) groups excluding carboxylic acids is 1. The number of hydrogen-bond acceptors (Lipinski definition) is 3. The Bertz CT molecular complexity index is 702. The Morgan fingerprint density at radius 1 is 1.00 bits per heavy atom. The third kappa shape index (κ3) is 6.10. The zero-order chi connectivity index (χ0) is 19.0. The van der Waals surface area contributed by atoms with Crippen molar-refractivity contribution >= 4 is 11.6 Å². The van der Waals surface area contributed by atoms with Crippen LogP contribution in [0.5, 0.6) is 11.5 Å². The van der Waals surface area contributed by atoms with E-state index < -0.39 is 0 Å². The average Bonchev–Trinajstić information content (AvgIpc) is 2.61. The van der Waals surface area contributed by atoms with E-state index in [0.717, 1.165) is 12.8 Å². The molecule has 0 saturated heterocycles. The summed E-state index contributed by atoms with van der Waals surface area (Å²) in [5.41, 5.74) is 1.99. The van der Waals surface area contributed by atoms with Crippen molar-refractivity contribution in [2.45, 2.75) is 46.0 Å². The zero-order valence-electron chi connectivity index (χ0n) is 16.2. The van der Waals surface area contributed by atoms with Crippen molar-refractivity contribution in [3.63, 3.8) is 0 Å². The van der Waals surface area contributed by atoms with Gasteiger partial charge in [-0.25, -0.2) is 0 Å². The van der Waals surface area contributed by atoms with Crippen molar-refractivity contribution in [1.29, 1.82) is 0 Å². The number of rotatable bonds is 8. The third-order valence-electron chi connectivity index (χ3n) is 4.01. The van der Waals surface area contributed by atoms with Gasteiger partial charge in [0.25, 0.3) is 5.91 Å². The first kappa shape index (κ1) is 19.8. The SMILES string of the molecule is CCCCOc1ccccc1NC(=O)COc1ccc(C(C)(C)C)cc1. The van der Waals surface area contributed by atoms with Gasteiger partial charge in [0, 0.05) is 0 Å². The summed E-state index contributed by atoms with van der Waals surface area (Å²) in [6, 6.07) is 15.3. The molecule has 2 rings (SSSR count). The van der Waals surface area contributed by atoms with E-state index in [1.165, 1.54) is 5.56 Å². The Balaban J connectivity index is 1.89. The van der Waals surface area contributed by atoms with Crippen molar-refractivity contribution in [1.82, 2.24) is 0 Å². The maximum absolute atomic E-state index is 12.2. The van der Waals surface area contributed by atoms with Gasteiger partial charge in [-0.05, 0) is 41.7 Å². The van der Waals surface area contributed by atoms with Crippen LogP contribution in [-0.2, 0) is 10.2 Å². The van der Waals surface area contributed by atoms with Gasteiger partial charge in [0.2, 0.25) is 0 Å². The van der Waals surface area contributed by atoms with E-state index in [4.69, 9.17) is 9.47 Å². The minimum absolute atomic E-state index is 0.0435. The smallest absolute Gasteiger partial charge is 0.262 e. The molecule has 0 aliphatic heterocycles. The number of benzene rings is 2. The van der Waals surface area contributed by atoms with E-state index >= 15 is 0 Å². The molecule has 0 fully saturated rings. The standard InChI is InChI=1S/C22H29NO3/c1-5-6-15-25-20-10-8-7-9-19(20)23-21(24)16-26-18-13-11-17(12-14-18)22(2,3)4/h7-14H,5-6,15-16H2,1-4H3,(H,23,24). The van der Waals surface area contributed by atoms with Crippen molar-refractivity contribution in [3.8, 4) is 11.5 Å². The van der Waals surface area contributed by atoms with Crippen LogP contribution in [0.4, 0.5) is 5.69 Å². The fraction of sp³-hybridized carbons (Fsp3) is 0.409. The fourth-order valence-corrected chi connectivity index (χ4v) is 2.41. The minimum atomic E-state index is -0.212. The molecule has 0 aliphatic rings. The third-order valence-corrected chi connectivity index (χ3v) is 4.01. The largest absolute Gasteiger partial charge is 0.491 e. The summed E-state index contributed by atoms with van der Waals surface area (Å²) in [6.45, 7) is 9.20. The van der Waals surface area contributed by atoms with Crippen molar-refractivity contribution in [2.24, 2.45) is 0 Å². The summed E-state index contributed by atoms with van der Waals surface area (Å²) >= 11 is 0. The van der Waals surface area contributed by atoms with Crippen molar-refractivity contribution < 1.29 is 14.3 Å². The Morgan fingerprint density at radius 2 is 1.69 bits per heavy atom. The van der Waals surface area contributed by atoms with Gasteiger partial charge < -0.3 is 14.8 Å². The van der Waals surface area contributed by atoms with Gasteiger partial charge in [0.1, 0.15) is 11.5 Å². The highest BCUT2D eigenvalue weighted by atomic mass is 16.5. The highest BCUT2D eigenvalue weighted by Gasteiger charge is 2.13. The van der Waals surface area contributed by atoms with E-state index in [-0.39, 0.29) is 17.9 Å². The number of ether oxygens (including phenoxy) is 2. The number of nitrogens with one attached hydrogen (secondary N) is 1.